The lowest BCUT2D eigenvalue weighted by Gasteiger charge is -2.23. The van der Waals surface area contributed by atoms with Crippen molar-refractivity contribution in [3.8, 4) is 0 Å². The van der Waals surface area contributed by atoms with E-state index in [-0.39, 0.29) is 0 Å². The van der Waals surface area contributed by atoms with Crippen LogP contribution in [0.4, 0.5) is 0 Å². The molecule has 0 fully saturated rings. The Morgan fingerprint density at radius 2 is 0.423 bits per heavy atom. The molecule has 0 aliphatic heterocycles. The molecular formula is C42H94N2O6S2. The Hall–Kier alpha value is -0.260. The van der Waals surface area contributed by atoms with Crippen molar-refractivity contribution in [2.24, 2.45) is 0 Å². The van der Waals surface area contributed by atoms with Crippen molar-refractivity contribution >= 4 is 20.2 Å². The van der Waals surface area contributed by atoms with Crippen LogP contribution in [-0.4, -0.2) is 103 Å². The van der Waals surface area contributed by atoms with Crippen LogP contribution < -0.4 is 0 Å². The van der Waals surface area contributed by atoms with E-state index >= 15 is 0 Å². The van der Waals surface area contributed by atoms with Crippen LogP contribution in [0, 0.1) is 0 Å². The maximum absolute atomic E-state index is 9.08. The van der Waals surface area contributed by atoms with Crippen LogP contribution >= 0.6 is 0 Å². The Bertz CT molecular complexity index is 852. The number of hydrogen-bond donors (Lipinski definition) is 0. The summed E-state index contributed by atoms with van der Waals surface area (Å²) in [7, 11) is 5.94. The second-order valence-corrected chi connectivity index (χ2v) is 20.2. The predicted octanol–water partition coefficient (Wildman–Crippen LogP) is 11.5. The van der Waals surface area contributed by atoms with Crippen LogP contribution in [0.5, 0.6) is 0 Å². The topological polar surface area (TPSA) is 114 Å². The number of quaternary nitrogens is 2. The van der Waals surface area contributed by atoms with E-state index in [0.29, 0.717) is 12.5 Å². The lowest BCUT2D eigenvalue weighted by molar-refractivity contribution is -0.870. The molecule has 0 amide bonds. The summed E-state index contributed by atoms with van der Waals surface area (Å²) in [4.78, 5) is 0. The summed E-state index contributed by atoms with van der Waals surface area (Å²) >= 11 is 0. The summed E-state index contributed by atoms with van der Waals surface area (Å²) in [6.07, 6.45) is 44.9. The van der Waals surface area contributed by atoms with E-state index in [1.54, 1.807) is 0 Å². The Morgan fingerprint density at radius 1 is 0.308 bits per heavy atom. The summed E-state index contributed by atoms with van der Waals surface area (Å²) < 4.78 is 56.7. The van der Waals surface area contributed by atoms with Crippen molar-refractivity contribution in [2.75, 3.05) is 67.9 Å². The third-order valence-corrected chi connectivity index (χ3v) is 8.86. The maximum Gasteiger partial charge on any atom is 0.0916 e. The van der Waals surface area contributed by atoms with Gasteiger partial charge < -0.3 is 18.1 Å². The molecule has 0 aliphatic rings. The van der Waals surface area contributed by atoms with E-state index in [0.717, 1.165) is 8.97 Å². The smallest absolute Gasteiger partial charge is 0.0916 e. The van der Waals surface area contributed by atoms with E-state index in [2.05, 4.69) is 56.1 Å². The molecule has 0 saturated heterocycles. The highest BCUT2D eigenvalue weighted by Gasteiger charge is 2.06. The second-order valence-electron chi connectivity index (χ2n) is 17.3. The van der Waals surface area contributed by atoms with Gasteiger partial charge in [0.25, 0.3) is 0 Å². The minimum absolute atomic E-state index is 0.604. The molecule has 0 atom stereocenters. The molecule has 0 heterocycles. The van der Waals surface area contributed by atoms with Crippen LogP contribution in [0.25, 0.3) is 0 Å². The fourth-order valence-electron chi connectivity index (χ4n) is 5.91. The normalized spacial score (nSPS) is 11.9. The van der Waals surface area contributed by atoms with Crippen molar-refractivity contribution in [3.05, 3.63) is 0 Å². The molecule has 10 heteroatoms. The predicted molar refractivity (Wildman–Crippen MR) is 227 cm³/mol. The highest BCUT2D eigenvalue weighted by atomic mass is 32.2. The van der Waals surface area contributed by atoms with Gasteiger partial charge in [0.1, 0.15) is 0 Å². The molecule has 0 bridgehead atoms. The molecule has 0 aromatic carbocycles. The third-order valence-electron chi connectivity index (χ3n) is 8.86. The molecular weight excluding hydrogens is 693 g/mol. The van der Waals surface area contributed by atoms with Crippen LogP contribution in [0.3, 0.4) is 0 Å². The number of nitrogens with zero attached hydrogens (tertiary/aromatic N) is 2. The van der Waals surface area contributed by atoms with Gasteiger partial charge in [-0.2, -0.15) is 0 Å². The minimum atomic E-state index is -3.92. The van der Waals surface area contributed by atoms with Crippen LogP contribution in [0.1, 0.15) is 206 Å². The van der Waals surface area contributed by atoms with Crippen molar-refractivity contribution in [2.45, 2.75) is 206 Å². The Balaban J connectivity index is -0.000000351. The second kappa shape index (κ2) is 40.4. The SMILES string of the molecule is CCCCCCCCCCCCCCCCCC[N+](C)(C)C.CCCCCCCCCCCCCCCC[N+](C)(C)C.CS(=O)(=O)[O-].CS(=O)(=O)[O-]. The molecule has 0 unspecified atom stereocenters. The molecule has 0 N–H and O–H groups in total. The monoisotopic (exact) mass is 787 g/mol. The zero-order chi connectivity index (χ0) is 40.6. The first-order valence-corrected chi connectivity index (χ1v) is 25.2. The summed E-state index contributed by atoms with van der Waals surface area (Å²) in [6.45, 7) is 7.25. The zero-order valence-corrected chi connectivity index (χ0v) is 38.4. The summed E-state index contributed by atoms with van der Waals surface area (Å²) in [5, 5.41) is 0. The van der Waals surface area contributed by atoms with E-state index in [1.807, 2.05) is 0 Å². The van der Waals surface area contributed by atoms with E-state index in [1.165, 1.54) is 206 Å². The maximum atomic E-state index is 9.08. The van der Waals surface area contributed by atoms with Crippen molar-refractivity contribution in [3.63, 3.8) is 0 Å². The van der Waals surface area contributed by atoms with Gasteiger partial charge >= 0.3 is 0 Å². The first-order chi connectivity index (χ1) is 24.1. The van der Waals surface area contributed by atoms with E-state index < -0.39 is 20.2 Å². The Labute approximate surface area is 328 Å². The fraction of sp³-hybridized carbons (Fsp3) is 1.00. The van der Waals surface area contributed by atoms with Crippen molar-refractivity contribution in [1.82, 2.24) is 0 Å². The standard InChI is InChI=1S/C21H46N.C19H42N.2CH4O3S/c1-5-6-7-8-9-10-11-12-13-14-15-16-17-18-19-20-21-22(2,3)4;1-5-6-7-8-9-10-11-12-13-14-15-16-17-18-19-20(2,3)4;2*1-5(2,3)4/h5-21H2,1-4H3;5-19H2,1-4H3;2*1H3,(H,2,3,4)/q2*+1;;/p-2. The molecule has 0 saturated carbocycles. The van der Waals surface area contributed by atoms with Gasteiger partial charge in [0, 0.05) is 12.5 Å². The van der Waals surface area contributed by atoms with Gasteiger partial charge in [0.15, 0.2) is 0 Å². The van der Waals surface area contributed by atoms with Gasteiger partial charge in [-0.3, -0.25) is 0 Å². The number of hydrogen-bond acceptors (Lipinski definition) is 6. The minimum Gasteiger partial charge on any atom is -0.748 e. The van der Waals surface area contributed by atoms with Crippen LogP contribution in [-0.2, 0) is 20.2 Å². The molecule has 0 spiro atoms. The quantitative estimate of drug-likeness (QED) is 0.0381. The summed E-state index contributed by atoms with van der Waals surface area (Å²) in [6, 6.07) is 0. The summed E-state index contributed by atoms with van der Waals surface area (Å²) in [5.74, 6) is 0. The van der Waals surface area contributed by atoms with E-state index in [4.69, 9.17) is 25.9 Å². The van der Waals surface area contributed by atoms with E-state index in [9.17, 15) is 0 Å². The average molecular weight is 787 g/mol. The van der Waals surface area contributed by atoms with Crippen LogP contribution in [0.2, 0.25) is 0 Å². The highest BCUT2D eigenvalue weighted by molar-refractivity contribution is 7.85. The van der Waals surface area contributed by atoms with Crippen LogP contribution in [0.15, 0.2) is 0 Å². The fourth-order valence-corrected chi connectivity index (χ4v) is 5.91. The molecule has 0 aromatic rings. The first-order valence-electron chi connectivity index (χ1n) is 21.5. The van der Waals surface area contributed by atoms with Gasteiger partial charge in [0.05, 0.1) is 75.6 Å². The van der Waals surface area contributed by atoms with Gasteiger partial charge in [-0.05, 0) is 25.7 Å². The largest absolute Gasteiger partial charge is 0.748 e. The van der Waals surface area contributed by atoms with Gasteiger partial charge in [-0.25, -0.2) is 16.8 Å². The Morgan fingerprint density at radius 3 is 0.538 bits per heavy atom. The van der Waals surface area contributed by atoms with Gasteiger partial charge in [-0.1, -0.05) is 181 Å². The molecule has 320 valence electrons. The molecule has 0 aromatic heterocycles. The van der Waals surface area contributed by atoms with Gasteiger partial charge in [-0.15, -0.1) is 0 Å². The number of rotatable bonds is 32. The summed E-state index contributed by atoms with van der Waals surface area (Å²) in [5.41, 5.74) is 0. The lowest BCUT2D eigenvalue weighted by atomic mass is 10.0. The molecule has 0 aliphatic carbocycles. The number of unbranched alkanes of at least 4 members (excludes halogenated alkanes) is 28. The molecule has 0 radical (unpaired) electrons. The highest BCUT2D eigenvalue weighted by Crippen LogP contribution is 2.15. The molecule has 52 heavy (non-hydrogen) atoms. The van der Waals surface area contributed by atoms with Gasteiger partial charge in [0.2, 0.25) is 0 Å². The first kappa shape index (κ1) is 58.4. The third kappa shape index (κ3) is 92.5. The molecule has 0 rings (SSSR count). The van der Waals surface area contributed by atoms with Crippen molar-refractivity contribution < 1.29 is 34.9 Å². The van der Waals surface area contributed by atoms with Crippen molar-refractivity contribution in [1.29, 1.82) is 0 Å². The zero-order valence-electron chi connectivity index (χ0n) is 36.8. The lowest BCUT2D eigenvalue weighted by Crippen LogP contribution is -2.35. The average Bonchev–Trinajstić information content (AvgIpc) is 2.98. The molecule has 8 nitrogen and oxygen atoms in total. The Kier molecular flexibility index (Phi) is 45.4.